The van der Waals surface area contributed by atoms with Crippen LogP contribution in [-0.2, 0) is 4.79 Å². The number of hydrazone groups is 1. The number of thioether (sulfide) groups is 1. The molecule has 132 valence electrons. The van der Waals surface area contributed by atoms with Gasteiger partial charge in [-0.25, -0.2) is 0 Å². The molecule has 3 rings (SSSR count). The van der Waals surface area contributed by atoms with E-state index in [1.807, 2.05) is 62.4 Å². The summed E-state index contributed by atoms with van der Waals surface area (Å²) in [4.78, 5) is 12.0. The molecule has 0 atom stereocenters. The molecule has 1 N–H and O–H groups in total. The largest absolute Gasteiger partial charge is 0.292 e. The molecule has 7 nitrogen and oxygen atoms in total. The highest BCUT2D eigenvalue weighted by molar-refractivity contribution is 8.15. The number of aryl methyl sites for hydroxylation is 2. The minimum absolute atomic E-state index is 0.173. The predicted molar refractivity (Wildman–Crippen MR) is 103 cm³/mol. The number of aromatic nitrogens is 4. The molecule has 0 radical (unpaired) electrons. The topological polar surface area (TPSA) is 85.1 Å². The van der Waals surface area contributed by atoms with Crippen LogP contribution in [-0.4, -0.2) is 31.0 Å². The van der Waals surface area contributed by atoms with Gasteiger partial charge in [0.2, 0.25) is 5.16 Å². The maximum atomic E-state index is 12.0. The molecule has 8 heteroatoms. The summed E-state index contributed by atoms with van der Waals surface area (Å²) in [5, 5.41) is 16.7. The Hall–Kier alpha value is -3.00. The molecule has 0 unspecified atom stereocenters. The third-order valence-corrected chi connectivity index (χ3v) is 4.56. The Morgan fingerprint density at radius 3 is 2.27 bits per heavy atom. The van der Waals surface area contributed by atoms with E-state index in [0.717, 1.165) is 34.3 Å². The Balaban J connectivity index is 1.82. The summed E-state index contributed by atoms with van der Waals surface area (Å²) < 4.78 is 1.58. The number of anilines is 1. The maximum Gasteiger partial charge on any atom is 0.220 e. The average Bonchev–Trinajstić information content (AvgIpc) is 3.08. The molecule has 0 aliphatic carbocycles. The first-order valence-corrected chi connectivity index (χ1v) is 8.79. The zero-order valence-electron chi connectivity index (χ0n) is 14.7. The summed E-state index contributed by atoms with van der Waals surface area (Å²) in [6, 6.07) is 15.5. The standard InChI is InChI=1S/C18H18N6OS/c1-12-4-8-15(9-5-12)19-20-17(14(3)25)26-18-21-22-23-24(18)16-10-6-13(2)7-11-16/h4-11,19H,1-3H3. The number of nitrogens with one attached hydrogen (secondary N) is 1. The first kappa shape index (κ1) is 17.8. The number of carbonyl (C=O) groups is 1. The fraction of sp³-hybridized carbons (Fsp3) is 0.167. The minimum Gasteiger partial charge on any atom is -0.292 e. The minimum atomic E-state index is -0.173. The maximum absolute atomic E-state index is 12.0. The van der Waals surface area contributed by atoms with Crippen LogP contribution in [0.3, 0.4) is 0 Å². The van der Waals surface area contributed by atoms with Crippen LogP contribution in [0.25, 0.3) is 5.69 Å². The lowest BCUT2D eigenvalue weighted by Gasteiger charge is -2.06. The third-order valence-electron chi connectivity index (χ3n) is 3.55. The van der Waals surface area contributed by atoms with Crippen molar-refractivity contribution in [3.63, 3.8) is 0 Å². The second-order valence-corrected chi connectivity index (χ2v) is 6.72. The van der Waals surface area contributed by atoms with Crippen molar-refractivity contribution in [3.8, 4) is 5.69 Å². The molecule has 0 amide bonds. The van der Waals surface area contributed by atoms with Crippen molar-refractivity contribution in [3.05, 3.63) is 59.7 Å². The second kappa shape index (κ2) is 7.92. The van der Waals surface area contributed by atoms with Crippen molar-refractivity contribution in [2.75, 3.05) is 5.43 Å². The van der Waals surface area contributed by atoms with Crippen LogP contribution < -0.4 is 5.43 Å². The summed E-state index contributed by atoms with van der Waals surface area (Å²) in [5.41, 5.74) is 6.81. The molecule has 2 aromatic carbocycles. The van der Waals surface area contributed by atoms with Crippen LogP contribution in [0.2, 0.25) is 0 Å². The third kappa shape index (κ3) is 4.34. The van der Waals surface area contributed by atoms with Gasteiger partial charge in [0.1, 0.15) is 0 Å². The van der Waals surface area contributed by atoms with Gasteiger partial charge in [-0.2, -0.15) is 9.78 Å². The zero-order valence-corrected chi connectivity index (χ0v) is 15.5. The Morgan fingerprint density at radius 2 is 1.65 bits per heavy atom. The second-order valence-electron chi connectivity index (χ2n) is 5.76. The van der Waals surface area contributed by atoms with Gasteiger partial charge >= 0.3 is 0 Å². The fourth-order valence-corrected chi connectivity index (χ4v) is 2.81. The molecule has 3 aromatic rings. The van der Waals surface area contributed by atoms with Crippen LogP contribution in [0, 0.1) is 13.8 Å². The van der Waals surface area contributed by atoms with Gasteiger partial charge in [0.25, 0.3) is 0 Å². The summed E-state index contributed by atoms with van der Waals surface area (Å²) in [5.74, 6) is -0.173. The van der Waals surface area contributed by atoms with E-state index in [4.69, 9.17) is 0 Å². The van der Waals surface area contributed by atoms with Crippen LogP contribution in [0.15, 0.2) is 58.8 Å². The highest BCUT2D eigenvalue weighted by Gasteiger charge is 2.16. The zero-order chi connectivity index (χ0) is 18.5. The number of carbonyl (C=O) groups excluding carboxylic acids is 1. The van der Waals surface area contributed by atoms with Gasteiger partial charge in [0.15, 0.2) is 10.8 Å². The number of Topliss-reactive ketones (excluding diaryl/α,β-unsaturated/α-hetero) is 1. The number of hydrogen-bond donors (Lipinski definition) is 1. The molecular weight excluding hydrogens is 348 g/mol. The first-order chi connectivity index (χ1) is 12.5. The van der Waals surface area contributed by atoms with Crippen molar-refractivity contribution in [1.29, 1.82) is 0 Å². The van der Waals surface area contributed by atoms with Crippen molar-refractivity contribution in [1.82, 2.24) is 20.2 Å². The SMILES string of the molecule is CC(=O)C(=NNc1ccc(C)cc1)Sc1nnnn1-c1ccc(C)cc1. The Bertz CT molecular complexity index is 931. The van der Waals surface area contributed by atoms with Crippen LogP contribution >= 0.6 is 11.8 Å². The van der Waals surface area contributed by atoms with Gasteiger partial charge in [-0.3, -0.25) is 10.2 Å². The van der Waals surface area contributed by atoms with Crippen LogP contribution in [0.4, 0.5) is 5.69 Å². The Morgan fingerprint density at radius 1 is 1.04 bits per heavy atom. The lowest BCUT2D eigenvalue weighted by atomic mass is 10.2. The molecule has 0 saturated heterocycles. The molecule has 0 saturated carbocycles. The molecule has 0 fully saturated rings. The molecule has 26 heavy (non-hydrogen) atoms. The molecule has 0 spiro atoms. The number of hydrogen-bond acceptors (Lipinski definition) is 7. The molecule has 0 bridgehead atoms. The Kier molecular flexibility index (Phi) is 5.43. The van der Waals surface area contributed by atoms with E-state index < -0.39 is 0 Å². The highest BCUT2D eigenvalue weighted by Crippen LogP contribution is 2.21. The number of rotatable bonds is 5. The lowest BCUT2D eigenvalue weighted by Crippen LogP contribution is -2.10. The summed E-state index contributed by atoms with van der Waals surface area (Å²) >= 11 is 1.12. The molecule has 0 aliphatic heterocycles. The van der Waals surface area contributed by atoms with Crippen molar-refractivity contribution >= 4 is 28.3 Å². The van der Waals surface area contributed by atoms with Crippen LogP contribution in [0.5, 0.6) is 0 Å². The van der Waals surface area contributed by atoms with Gasteiger partial charge in [-0.1, -0.05) is 35.4 Å². The van der Waals surface area contributed by atoms with Crippen molar-refractivity contribution in [2.45, 2.75) is 25.9 Å². The van der Waals surface area contributed by atoms with E-state index in [-0.39, 0.29) is 10.8 Å². The van der Waals surface area contributed by atoms with Gasteiger partial charge in [0.05, 0.1) is 11.4 Å². The van der Waals surface area contributed by atoms with E-state index in [2.05, 4.69) is 26.1 Å². The van der Waals surface area contributed by atoms with Gasteiger partial charge in [-0.05, 0) is 60.3 Å². The van der Waals surface area contributed by atoms with E-state index in [9.17, 15) is 4.79 Å². The van der Waals surface area contributed by atoms with E-state index in [1.165, 1.54) is 6.92 Å². The number of ketones is 1. The highest BCUT2D eigenvalue weighted by atomic mass is 32.2. The first-order valence-electron chi connectivity index (χ1n) is 7.97. The van der Waals surface area contributed by atoms with Crippen LogP contribution in [0.1, 0.15) is 18.1 Å². The predicted octanol–water partition coefficient (Wildman–Crippen LogP) is 3.39. The number of benzene rings is 2. The van der Waals surface area contributed by atoms with E-state index >= 15 is 0 Å². The quantitative estimate of drug-likeness (QED) is 0.322. The normalized spacial score (nSPS) is 11.4. The molecule has 1 heterocycles. The van der Waals surface area contributed by atoms with Gasteiger partial charge in [0, 0.05) is 6.92 Å². The van der Waals surface area contributed by atoms with E-state index in [0.29, 0.717) is 5.16 Å². The van der Waals surface area contributed by atoms with E-state index in [1.54, 1.807) is 4.68 Å². The number of nitrogens with zero attached hydrogens (tertiary/aromatic N) is 5. The fourth-order valence-electron chi connectivity index (χ4n) is 2.09. The molecule has 1 aromatic heterocycles. The summed E-state index contributed by atoms with van der Waals surface area (Å²) in [6.07, 6.45) is 0. The summed E-state index contributed by atoms with van der Waals surface area (Å²) in [6.45, 7) is 5.48. The molecular formula is C18H18N6OS. The average molecular weight is 366 g/mol. The lowest BCUT2D eigenvalue weighted by molar-refractivity contribution is -0.110. The molecule has 0 aliphatic rings. The monoisotopic (exact) mass is 366 g/mol. The van der Waals surface area contributed by atoms with Crippen molar-refractivity contribution in [2.24, 2.45) is 5.10 Å². The Labute approximate surface area is 155 Å². The smallest absolute Gasteiger partial charge is 0.220 e. The van der Waals surface area contributed by atoms with Gasteiger partial charge in [-0.15, -0.1) is 5.10 Å². The van der Waals surface area contributed by atoms with Crippen molar-refractivity contribution < 1.29 is 4.79 Å². The van der Waals surface area contributed by atoms with Gasteiger partial charge < -0.3 is 0 Å². The number of tetrazole rings is 1. The summed E-state index contributed by atoms with van der Waals surface area (Å²) in [7, 11) is 0.